The van der Waals surface area contributed by atoms with Crippen LogP contribution >= 0.6 is 0 Å². The van der Waals surface area contributed by atoms with Gasteiger partial charge in [0.2, 0.25) is 5.91 Å². The summed E-state index contributed by atoms with van der Waals surface area (Å²) in [6.45, 7) is 2.21. The molecule has 1 aliphatic rings. The number of nitrogens with zero attached hydrogens (tertiary/aromatic N) is 1. The Morgan fingerprint density at radius 3 is 2.84 bits per heavy atom. The van der Waals surface area contributed by atoms with E-state index < -0.39 is 0 Å². The fourth-order valence-corrected chi connectivity index (χ4v) is 3.21. The van der Waals surface area contributed by atoms with Crippen molar-refractivity contribution in [3.8, 4) is 0 Å². The number of aromatic nitrogens is 2. The second-order valence-electron chi connectivity index (χ2n) is 6.59. The zero-order valence-electron chi connectivity index (χ0n) is 14.5. The molecule has 1 fully saturated rings. The van der Waals surface area contributed by atoms with E-state index in [9.17, 15) is 9.59 Å². The maximum absolute atomic E-state index is 12.0. The fraction of sp³-hybridized carbons (Fsp3) is 0.500. The van der Waals surface area contributed by atoms with E-state index in [1.54, 1.807) is 0 Å². The van der Waals surface area contributed by atoms with E-state index in [0.717, 1.165) is 29.7 Å². The number of nitrogens with one attached hydrogen (secondary N) is 4. The van der Waals surface area contributed by atoms with Gasteiger partial charge in [0.05, 0.1) is 11.0 Å². The first-order valence-electron chi connectivity index (χ1n) is 8.91. The Kier molecular flexibility index (Phi) is 5.53. The molecule has 0 radical (unpaired) electrons. The predicted molar refractivity (Wildman–Crippen MR) is 97.5 cm³/mol. The van der Waals surface area contributed by atoms with Crippen LogP contribution in [-0.4, -0.2) is 34.5 Å². The first-order chi connectivity index (χ1) is 12.1. The smallest absolute Gasteiger partial charge is 0.315 e. The van der Waals surface area contributed by atoms with Gasteiger partial charge in [-0.1, -0.05) is 19.3 Å². The molecule has 1 heterocycles. The van der Waals surface area contributed by atoms with Crippen LogP contribution in [0.1, 0.15) is 44.3 Å². The lowest BCUT2D eigenvalue weighted by molar-refractivity contribution is -0.116. The lowest BCUT2D eigenvalue weighted by Gasteiger charge is -2.22. The second-order valence-corrected chi connectivity index (χ2v) is 6.59. The molecule has 0 saturated heterocycles. The van der Waals surface area contributed by atoms with Crippen LogP contribution in [0.4, 0.5) is 10.5 Å². The van der Waals surface area contributed by atoms with Crippen LogP contribution in [0.5, 0.6) is 0 Å². The number of carbonyl (C=O) groups excluding carboxylic acids is 2. The van der Waals surface area contributed by atoms with Crippen molar-refractivity contribution >= 4 is 28.7 Å². The highest BCUT2D eigenvalue weighted by atomic mass is 16.2. The molecule has 0 atom stereocenters. The zero-order valence-corrected chi connectivity index (χ0v) is 14.5. The van der Waals surface area contributed by atoms with E-state index in [2.05, 4.69) is 25.9 Å². The molecule has 1 aliphatic carbocycles. The Hall–Kier alpha value is -2.57. The number of aromatic amines is 1. The summed E-state index contributed by atoms with van der Waals surface area (Å²) in [5.41, 5.74) is 2.48. The summed E-state index contributed by atoms with van der Waals surface area (Å²) in [5.74, 6) is 0.709. The number of carbonyl (C=O) groups is 2. The van der Waals surface area contributed by atoms with Gasteiger partial charge in [-0.25, -0.2) is 9.78 Å². The van der Waals surface area contributed by atoms with Crippen LogP contribution in [0.25, 0.3) is 11.0 Å². The van der Waals surface area contributed by atoms with Gasteiger partial charge in [-0.15, -0.1) is 0 Å². The van der Waals surface area contributed by atoms with Gasteiger partial charge in [0.25, 0.3) is 0 Å². The molecule has 1 aromatic carbocycles. The number of fused-ring (bicyclic) bond motifs is 1. The van der Waals surface area contributed by atoms with Crippen LogP contribution in [0, 0.1) is 6.92 Å². The number of amides is 3. The molecule has 0 aliphatic heterocycles. The predicted octanol–water partition coefficient (Wildman–Crippen LogP) is 2.83. The first kappa shape index (κ1) is 17.3. The molecular formula is C18H25N5O2. The van der Waals surface area contributed by atoms with Crippen molar-refractivity contribution in [2.75, 3.05) is 11.9 Å². The standard InChI is InChI=1S/C18H25N5O2/c1-12-20-15-8-7-14(11-16(15)21-12)22-17(24)9-10-19-18(25)23-13-5-3-2-4-6-13/h7-8,11,13H,2-6,9-10H2,1H3,(H,20,21)(H,22,24)(H2,19,23,25). The van der Waals surface area contributed by atoms with Gasteiger partial charge in [-0.05, 0) is 38.0 Å². The monoisotopic (exact) mass is 343 g/mol. The van der Waals surface area contributed by atoms with E-state index in [-0.39, 0.29) is 24.4 Å². The summed E-state index contributed by atoms with van der Waals surface area (Å²) in [6.07, 6.45) is 5.93. The number of aryl methyl sites for hydroxylation is 1. The Morgan fingerprint density at radius 2 is 2.04 bits per heavy atom. The number of imidazole rings is 1. The largest absolute Gasteiger partial charge is 0.342 e. The van der Waals surface area contributed by atoms with Gasteiger partial charge in [0.15, 0.2) is 0 Å². The molecule has 4 N–H and O–H groups in total. The molecule has 25 heavy (non-hydrogen) atoms. The van der Waals surface area contributed by atoms with Gasteiger partial charge >= 0.3 is 6.03 Å². The summed E-state index contributed by atoms with van der Waals surface area (Å²) >= 11 is 0. The summed E-state index contributed by atoms with van der Waals surface area (Å²) in [7, 11) is 0. The normalized spacial score (nSPS) is 15.1. The van der Waals surface area contributed by atoms with Crippen molar-refractivity contribution in [1.82, 2.24) is 20.6 Å². The maximum atomic E-state index is 12.0. The van der Waals surface area contributed by atoms with Crippen LogP contribution in [0.2, 0.25) is 0 Å². The van der Waals surface area contributed by atoms with Gasteiger partial charge in [0.1, 0.15) is 5.82 Å². The zero-order chi connectivity index (χ0) is 17.6. The van der Waals surface area contributed by atoms with E-state index in [4.69, 9.17) is 0 Å². The minimum absolute atomic E-state index is 0.131. The molecule has 1 aromatic heterocycles. The third-order valence-electron chi connectivity index (χ3n) is 4.46. The molecule has 0 spiro atoms. The third kappa shape index (κ3) is 4.95. The summed E-state index contributed by atoms with van der Waals surface area (Å²) in [5, 5.41) is 8.56. The van der Waals surface area contributed by atoms with Gasteiger partial charge in [-0.3, -0.25) is 4.79 Å². The molecule has 3 rings (SSSR count). The Morgan fingerprint density at radius 1 is 1.24 bits per heavy atom. The number of hydrogen-bond donors (Lipinski definition) is 4. The van der Waals surface area contributed by atoms with Crippen molar-refractivity contribution in [2.24, 2.45) is 0 Å². The molecule has 3 amide bonds. The Labute approximate surface area is 147 Å². The van der Waals surface area contributed by atoms with Gasteiger partial charge in [-0.2, -0.15) is 0 Å². The lowest BCUT2D eigenvalue weighted by atomic mass is 9.96. The van der Waals surface area contributed by atoms with Gasteiger partial charge < -0.3 is 20.9 Å². The second kappa shape index (κ2) is 8.00. The minimum atomic E-state index is -0.186. The maximum Gasteiger partial charge on any atom is 0.315 e. The first-order valence-corrected chi connectivity index (χ1v) is 8.91. The number of benzene rings is 1. The molecule has 2 aromatic rings. The highest BCUT2D eigenvalue weighted by Crippen LogP contribution is 2.18. The average Bonchev–Trinajstić information content (AvgIpc) is 2.95. The summed E-state index contributed by atoms with van der Waals surface area (Å²) in [6, 6.07) is 5.63. The quantitative estimate of drug-likeness (QED) is 0.672. The molecule has 0 unspecified atom stereocenters. The van der Waals surface area contributed by atoms with E-state index in [0.29, 0.717) is 12.2 Å². The van der Waals surface area contributed by atoms with Crippen molar-refractivity contribution in [2.45, 2.75) is 51.5 Å². The molecule has 7 heteroatoms. The minimum Gasteiger partial charge on any atom is -0.342 e. The van der Waals surface area contributed by atoms with Crippen molar-refractivity contribution in [3.05, 3.63) is 24.0 Å². The molecule has 134 valence electrons. The third-order valence-corrected chi connectivity index (χ3v) is 4.46. The van der Waals surface area contributed by atoms with E-state index in [1.807, 2.05) is 25.1 Å². The van der Waals surface area contributed by atoms with Crippen LogP contribution in [0.3, 0.4) is 0 Å². The van der Waals surface area contributed by atoms with E-state index in [1.165, 1.54) is 19.3 Å². The topological polar surface area (TPSA) is 98.9 Å². The number of urea groups is 1. The SMILES string of the molecule is Cc1nc2ccc(NC(=O)CCNC(=O)NC3CCCCC3)cc2[nH]1. The van der Waals surface area contributed by atoms with Crippen molar-refractivity contribution in [3.63, 3.8) is 0 Å². The molecular weight excluding hydrogens is 318 g/mol. The molecule has 1 saturated carbocycles. The van der Waals surface area contributed by atoms with Crippen molar-refractivity contribution < 1.29 is 9.59 Å². The average molecular weight is 343 g/mol. The number of H-pyrrole nitrogens is 1. The van der Waals surface area contributed by atoms with Crippen LogP contribution in [0.15, 0.2) is 18.2 Å². The lowest BCUT2D eigenvalue weighted by Crippen LogP contribution is -2.43. The number of anilines is 1. The Balaban J connectivity index is 1.40. The highest BCUT2D eigenvalue weighted by Gasteiger charge is 2.15. The fourth-order valence-electron chi connectivity index (χ4n) is 3.21. The van der Waals surface area contributed by atoms with E-state index >= 15 is 0 Å². The van der Waals surface area contributed by atoms with Crippen LogP contribution < -0.4 is 16.0 Å². The molecule has 7 nitrogen and oxygen atoms in total. The van der Waals surface area contributed by atoms with Gasteiger partial charge in [0, 0.05) is 24.7 Å². The van der Waals surface area contributed by atoms with Crippen molar-refractivity contribution in [1.29, 1.82) is 0 Å². The van der Waals surface area contributed by atoms with Crippen LogP contribution in [-0.2, 0) is 4.79 Å². The molecule has 0 bridgehead atoms. The summed E-state index contributed by atoms with van der Waals surface area (Å²) in [4.78, 5) is 31.3. The number of rotatable bonds is 5. The number of hydrogen-bond acceptors (Lipinski definition) is 3. The summed E-state index contributed by atoms with van der Waals surface area (Å²) < 4.78 is 0. The highest BCUT2D eigenvalue weighted by molar-refractivity contribution is 5.93. The Bertz CT molecular complexity index is 749.